The molecule has 0 spiro atoms. The van der Waals surface area contributed by atoms with Crippen LogP contribution in [0, 0.1) is 13.3 Å². The Labute approximate surface area is 324 Å². The molecule has 1 aromatic heterocycles. The van der Waals surface area contributed by atoms with Crippen LogP contribution in [0.25, 0.3) is 16.2 Å². The van der Waals surface area contributed by atoms with Gasteiger partial charge in [-0.3, -0.25) is 14.2 Å². The Balaban J connectivity index is 0.00000120. The van der Waals surface area contributed by atoms with Crippen LogP contribution in [0.1, 0.15) is 80.4 Å². The van der Waals surface area contributed by atoms with E-state index >= 15 is 0 Å². The van der Waals surface area contributed by atoms with Crippen LogP contribution in [0.4, 0.5) is 8.78 Å². The number of amides is 2. The third-order valence-corrected chi connectivity index (χ3v) is 10.5. The summed E-state index contributed by atoms with van der Waals surface area (Å²) in [6.07, 6.45) is 8.50. The number of thiophene rings is 1. The number of nitrogens with two attached hydrogens (primary N) is 1. The number of alkyl halides is 2. The van der Waals surface area contributed by atoms with Gasteiger partial charge in [0.05, 0.1) is 4.88 Å². The average molecular weight is 731 g/mol. The first-order valence-electron chi connectivity index (χ1n) is 15.3. The molecule has 6 N–H and O–H groups in total. The van der Waals surface area contributed by atoms with Crippen molar-refractivity contribution in [2.75, 3.05) is 39.4 Å². The molecule has 2 amide bonds. The molecule has 1 aromatic carbocycles. The quantitative estimate of drug-likeness (QED) is 0.199. The van der Waals surface area contributed by atoms with Gasteiger partial charge in [-0.05, 0) is 94.0 Å². The number of carbonyl (C=O) groups excluding carboxylic acids is 2. The predicted octanol–water partition coefficient (Wildman–Crippen LogP) is 3.54. The molecule has 2 aromatic rings. The number of carbonyl (C=O) groups is 2. The van der Waals surface area contributed by atoms with Crippen molar-refractivity contribution in [1.82, 2.24) is 15.1 Å². The first-order chi connectivity index (χ1) is 20.4. The fraction of sp³-hybridized carbons (Fsp3) is 0.645. The molecule has 0 radical (unpaired) electrons. The summed E-state index contributed by atoms with van der Waals surface area (Å²) >= 11 is 1.07. The summed E-state index contributed by atoms with van der Waals surface area (Å²) < 4.78 is 45.1. The standard InChI is InChI=1S/C21H27F2N2O5PS.C9H17NO.CH3.K.H2N.H2O/c1-13(2)5-7-16(20(27)25-9-3-4-10-25)24-19(26)18-12-14-11-15(6-8-17(14)32-18)21(22,23)31(28,29)30;1-2-6-10(5-1)9-3-7-11-8-4-9;;;;/h6,8,11-13,16H,3-5,7,9-10H2,1-2H3,(H,24,26)(H2,28,29,30);9H,1-8H2;1H3;;2*1H2/q;;-1;+1;-1;/p-1/t16-;;;;;/m0...../s1. The summed E-state index contributed by atoms with van der Waals surface area (Å²) in [7, 11) is -5.69. The van der Waals surface area contributed by atoms with Gasteiger partial charge in [0, 0.05) is 42.6 Å². The Hall–Kier alpha value is -0.394. The van der Waals surface area contributed by atoms with E-state index in [1.165, 1.54) is 50.9 Å². The molecule has 3 saturated heterocycles. The number of likely N-dealkylation sites (tertiary alicyclic amines) is 2. The van der Waals surface area contributed by atoms with Crippen molar-refractivity contribution in [2.45, 2.75) is 83.0 Å². The van der Waals surface area contributed by atoms with Gasteiger partial charge in [0.2, 0.25) is 5.91 Å². The number of hydrogen-bond acceptors (Lipinski definition) is 7. The number of hydrogen-bond donors (Lipinski definition) is 3. The van der Waals surface area contributed by atoms with E-state index in [0.717, 1.165) is 62.0 Å². The summed E-state index contributed by atoms with van der Waals surface area (Å²) in [5.74, 6) is -0.226. The summed E-state index contributed by atoms with van der Waals surface area (Å²) in [6, 6.07) is 4.82. The Kier molecular flexibility index (Phi) is 20.9. The molecule has 11 nitrogen and oxygen atoms in total. The van der Waals surface area contributed by atoms with Crippen molar-refractivity contribution in [3.8, 4) is 0 Å². The smallest absolute Gasteiger partial charge is 0.870 e. The molecule has 0 bridgehead atoms. The fourth-order valence-electron chi connectivity index (χ4n) is 5.81. The second-order valence-corrected chi connectivity index (χ2v) is 14.8. The number of rotatable bonds is 9. The molecule has 1 atom stereocenters. The van der Waals surface area contributed by atoms with Gasteiger partial charge in [-0.25, -0.2) is 0 Å². The van der Waals surface area contributed by atoms with Crippen LogP contribution in [-0.4, -0.2) is 88.4 Å². The van der Waals surface area contributed by atoms with Gasteiger partial charge < -0.3 is 48.7 Å². The zero-order chi connectivity index (χ0) is 31.2. The topological polar surface area (TPSA) is 183 Å². The molecule has 16 heteroatoms. The van der Waals surface area contributed by atoms with Gasteiger partial charge in [-0.2, -0.15) is 8.78 Å². The Morgan fingerprint density at radius 1 is 1.04 bits per heavy atom. The van der Waals surface area contributed by atoms with Gasteiger partial charge in [0.1, 0.15) is 6.04 Å². The minimum absolute atomic E-state index is 0. The van der Waals surface area contributed by atoms with Crippen LogP contribution < -0.4 is 56.7 Å². The molecule has 5 rings (SSSR count). The number of nitrogens with one attached hydrogen (secondary N) is 1. The molecule has 264 valence electrons. The maximum atomic E-state index is 14.0. The van der Waals surface area contributed by atoms with E-state index in [0.29, 0.717) is 30.1 Å². The number of ether oxygens (including phenoxy) is 1. The molecule has 0 aliphatic carbocycles. The Morgan fingerprint density at radius 3 is 2.17 bits per heavy atom. The van der Waals surface area contributed by atoms with E-state index in [-0.39, 0.29) is 86.6 Å². The number of nitrogens with zero attached hydrogens (tertiary/aromatic N) is 2. The molecule has 3 aliphatic heterocycles. The van der Waals surface area contributed by atoms with Gasteiger partial charge in [0.15, 0.2) is 0 Å². The van der Waals surface area contributed by atoms with Crippen LogP contribution >= 0.6 is 18.9 Å². The minimum atomic E-state index is -5.69. The summed E-state index contributed by atoms with van der Waals surface area (Å²) in [4.78, 5) is 48.3. The second kappa shape index (κ2) is 21.1. The number of fused-ring (bicyclic) bond motifs is 1. The van der Waals surface area contributed by atoms with E-state index in [1.807, 2.05) is 13.8 Å². The largest absolute Gasteiger partial charge is 1.00 e. The van der Waals surface area contributed by atoms with Gasteiger partial charge in [-0.15, -0.1) is 11.3 Å². The third kappa shape index (κ3) is 12.7. The van der Waals surface area contributed by atoms with Crippen molar-refractivity contribution in [1.29, 1.82) is 0 Å². The Bertz CT molecular complexity index is 1300. The molecular formula is C31H50F2KN4O7PS-2. The van der Waals surface area contributed by atoms with Crippen LogP contribution in [0.2, 0.25) is 0 Å². The summed E-state index contributed by atoms with van der Waals surface area (Å²) in [5, 5.41) is 3.08. The van der Waals surface area contributed by atoms with Crippen molar-refractivity contribution < 1.29 is 94.3 Å². The number of benzene rings is 1. The zero-order valence-electron chi connectivity index (χ0n) is 28.0. The molecular weight excluding hydrogens is 680 g/mol. The summed E-state index contributed by atoms with van der Waals surface area (Å²) in [6.45, 7) is 10.1. The molecule has 3 fully saturated rings. The monoisotopic (exact) mass is 730 g/mol. The Morgan fingerprint density at radius 2 is 1.62 bits per heavy atom. The van der Waals surface area contributed by atoms with E-state index in [2.05, 4.69) is 10.2 Å². The van der Waals surface area contributed by atoms with E-state index in [4.69, 9.17) is 14.5 Å². The normalized spacial score (nSPS) is 17.8. The molecule has 4 heterocycles. The van der Waals surface area contributed by atoms with Crippen molar-refractivity contribution in [3.63, 3.8) is 0 Å². The van der Waals surface area contributed by atoms with Crippen LogP contribution in [0.5, 0.6) is 0 Å². The van der Waals surface area contributed by atoms with E-state index in [9.17, 15) is 22.9 Å². The van der Waals surface area contributed by atoms with E-state index in [1.54, 1.807) is 4.90 Å². The predicted molar refractivity (Wildman–Crippen MR) is 177 cm³/mol. The van der Waals surface area contributed by atoms with Crippen molar-refractivity contribution in [3.05, 3.63) is 48.3 Å². The minimum Gasteiger partial charge on any atom is -0.870 e. The van der Waals surface area contributed by atoms with Crippen LogP contribution in [0.3, 0.4) is 0 Å². The third-order valence-electron chi connectivity index (χ3n) is 8.35. The maximum Gasteiger partial charge on any atom is 1.00 e. The number of halogens is 2. The molecule has 3 aliphatic rings. The van der Waals surface area contributed by atoms with E-state index < -0.39 is 30.8 Å². The van der Waals surface area contributed by atoms with Crippen molar-refractivity contribution >= 4 is 40.8 Å². The average Bonchev–Trinajstić information content (AvgIpc) is 3.77. The summed E-state index contributed by atoms with van der Waals surface area (Å²) in [5.41, 5.74) is -5.14. The van der Waals surface area contributed by atoms with Crippen molar-refractivity contribution in [2.24, 2.45) is 5.92 Å². The SMILES string of the molecule is C1CCN(C2CCOCC2)C1.CC(C)CC[C@H](NC(=O)c1cc2cc(C(F)(F)P(=O)(O)O)ccc2s1)C(=O)N1CCCC1.[CH3-].[K+].[NH2-].[OH-]. The van der Waals surface area contributed by atoms with Crippen LogP contribution in [-0.2, 0) is 19.8 Å². The first kappa shape index (κ1) is 46.6. The van der Waals surface area contributed by atoms with Gasteiger partial charge in [-0.1, -0.05) is 19.9 Å². The van der Waals surface area contributed by atoms with Gasteiger partial charge >= 0.3 is 64.6 Å². The van der Waals surface area contributed by atoms with Crippen LogP contribution in [0.15, 0.2) is 24.3 Å². The maximum absolute atomic E-state index is 14.0. The second-order valence-electron chi connectivity index (χ2n) is 12.1. The molecule has 47 heavy (non-hydrogen) atoms. The molecule has 0 saturated carbocycles. The van der Waals surface area contributed by atoms with Gasteiger partial charge in [0.25, 0.3) is 5.91 Å². The molecule has 0 unspecified atom stereocenters. The zero-order valence-corrected chi connectivity index (χ0v) is 32.8. The fourth-order valence-corrected chi connectivity index (χ4v) is 7.23. The first-order valence-corrected chi connectivity index (χ1v) is 17.7.